The molecular formula is C12H18BrNO. The Kier molecular flexibility index (Phi) is 4.17. The molecule has 0 amide bonds. The van der Waals surface area contributed by atoms with E-state index in [2.05, 4.69) is 36.7 Å². The number of hydrogen-bond acceptors (Lipinski definition) is 2. The third-order valence-electron chi connectivity index (χ3n) is 2.34. The van der Waals surface area contributed by atoms with Gasteiger partial charge in [-0.3, -0.25) is 0 Å². The molecule has 1 aromatic rings. The van der Waals surface area contributed by atoms with Gasteiger partial charge in [0.25, 0.3) is 0 Å². The molecule has 0 saturated carbocycles. The van der Waals surface area contributed by atoms with Crippen molar-refractivity contribution in [1.29, 1.82) is 0 Å². The molecule has 0 spiro atoms. The molecule has 1 unspecified atom stereocenters. The van der Waals surface area contributed by atoms with E-state index in [0.717, 1.165) is 10.2 Å². The molecule has 0 heterocycles. The van der Waals surface area contributed by atoms with Gasteiger partial charge in [-0.05, 0) is 23.6 Å². The predicted octanol–water partition coefficient (Wildman–Crippen LogP) is 3.20. The fourth-order valence-electron chi connectivity index (χ4n) is 0.993. The van der Waals surface area contributed by atoms with Crippen LogP contribution in [0.2, 0.25) is 0 Å². The van der Waals surface area contributed by atoms with Gasteiger partial charge >= 0.3 is 0 Å². The van der Waals surface area contributed by atoms with E-state index in [1.165, 1.54) is 0 Å². The Morgan fingerprint density at radius 2 is 2.07 bits per heavy atom. The predicted molar refractivity (Wildman–Crippen MR) is 67.1 cm³/mol. The number of hydrogen-bond donors (Lipinski definition) is 1. The molecule has 0 radical (unpaired) electrons. The third-order valence-corrected chi connectivity index (χ3v) is 2.83. The maximum absolute atomic E-state index is 6.00. The van der Waals surface area contributed by atoms with Crippen LogP contribution in [0.25, 0.3) is 0 Å². The Labute approximate surface area is 99.9 Å². The first-order valence-corrected chi connectivity index (χ1v) is 5.83. The van der Waals surface area contributed by atoms with Gasteiger partial charge in [0.1, 0.15) is 12.4 Å². The molecular weight excluding hydrogens is 254 g/mol. The van der Waals surface area contributed by atoms with Gasteiger partial charge in [0.15, 0.2) is 0 Å². The summed E-state index contributed by atoms with van der Waals surface area (Å²) in [5, 5.41) is 0. The minimum Gasteiger partial charge on any atom is -0.492 e. The zero-order valence-corrected chi connectivity index (χ0v) is 11.0. The van der Waals surface area contributed by atoms with Crippen LogP contribution in [0.15, 0.2) is 28.7 Å². The number of halogens is 1. The Bertz CT molecular complexity index is 320. The summed E-state index contributed by atoms with van der Waals surface area (Å²) >= 11 is 3.40. The van der Waals surface area contributed by atoms with Gasteiger partial charge in [-0.2, -0.15) is 0 Å². The van der Waals surface area contributed by atoms with Crippen molar-refractivity contribution in [1.82, 2.24) is 0 Å². The topological polar surface area (TPSA) is 35.2 Å². The fraction of sp³-hybridized carbons (Fsp3) is 0.500. The molecule has 2 nitrogen and oxygen atoms in total. The van der Waals surface area contributed by atoms with Gasteiger partial charge in [0, 0.05) is 10.5 Å². The molecule has 1 atom stereocenters. The molecule has 0 aromatic heterocycles. The van der Waals surface area contributed by atoms with Crippen molar-refractivity contribution in [3.05, 3.63) is 28.7 Å². The monoisotopic (exact) mass is 271 g/mol. The molecule has 0 fully saturated rings. The molecule has 1 rings (SSSR count). The summed E-state index contributed by atoms with van der Waals surface area (Å²) in [6.45, 7) is 6.88. The van der Waals surface area contributed by atoms with Gasteiger partial charge in [-0.1, -0.05) is 42.8 Å². The molecule has 15 heavy (non-hydrogen) atoms. The van der Waals surface area contributed by atoms with Crippen LogP contribution < -0.4 is 10.5 Å². The maximum Gasteiger partial charge on any atom is 0.120 e. The number of ether oxygens (including phenoxy) is 1. The first kappa shape index (κ1) is 12.5. The Balaban J connectivity index is 2.51. The number of rotatable bonds is 3. The molecule has 84 valence electrons. The lowest BCUT2D eigenvalue weighted by molar-refractivity contribution is 0.205. The minimum absolute atomic E-state index is 0.0384. The van der Waals surface area contributed by atoms with Crippen molar-refractivity contribution in [3.63, 3.8) is 0 Å². The molecule has 0 aliphatic rings. The van der Waals surface area contributed by atoms with E-state index in [0.29, 0.717) is 6.61 Å². The Morgan fingerprint density at radius 1 is 1.40 bits per heavy atom. The van der Waals surface area contributed by atoms with Crippen molar-refractivity contribution in [2.75, 3.05) is 6.61 Å². The summed E-state index contributed by atoms with van der Waals surface area (Å²) in [7, 11) is 0. The second-order valence-electron chi connectivity index (χ2n) is 4.74. The van der Waals surface area contributed by atoms with Crippen molar-refractivity contribution < 1.29 is 4.74 Å². The standard InChI is InChI=1S/C12H18BrNO/c1-12(2,3)11(14)8-15-10-6-4-5-9(13)7-10/h4-7,11H,8,14H2,1-3H3. The van der Waals surface area contributed by atoms with Crippen molar-refractivity contribution in [2.45, 2.75) is 26.8 Å². The van der Waals surface area contributed by atoms with Gasteiger partial charge in [-0.15, -0.1) is 0 Å². The first-order chi connectivity index (χ1) is 6.89. The highest BCUT2D eigenvalue weighted by molar-refractivity contribution is 9.10. The van der Waals surface area contributed by atoms with E-state index in [1.807, 2.05) is 24.3 Å². The lowest BCUT2D eigenvalue weighted by Crippen LogP contribution is -2.40. The van der Waals surface area contributed by atoms with Crippen LogP contribution in [-0.4, -0.2) is 12.6 Å². The van der Waals surface area contributed by atoms with Crippen molar-refractivity contribution in [2.24, 2.45) is 11.1 Å². The number of benzene rings is 1. The SMILES string of the molecule is CC(C)(C)C(N)COc1cccc(Br)c1. The van der Waals surface area contributed by atoms with Crippen LogP contribution in [0.5, 0.6) is 5.75 Å². The summed E-state index contributed by atoms with van der Waals surface area (Å²) in [4.78, 5) is 0. The molecule has 0 bridgehead atoms. The zero-order chi connectivity index (χ0) is 11.5. The van der Waals surface area contributed by atoms with Crippen LogP contribution >= 0.6 is 15.9 Å². The second kappa shape index (κ2) is 4.99. The Morgan fingerprint density at radius 3 is 2.60 bits per heavy atom. The maximum atomic E-state index is 6.00. The van der Waals surface area contributed by atoms with Gasteiger partial charge < -0.3 is 10.5 Å². The lowest BCUT2D eigenvalue weighted by atomic mass is 9.88. The highest BCUT2D eigenvalue weighted by Crippen LogP contribution is 2.21. The minimum atomic E-state index is 0.0384. The van der Waals surface area contributed by atoms with Gasteiger partial charge in [-0.25, -0.2) is 0 Å². The first-order valence-electron chi connectivity index (χ1n) is 5.03. The van der Waals surface area contributed by atoms with Crippen molar-refractivity contribution in [3.8, 4) is 5.75 Å². The normalized spacial score (nSPS) is 13.7. The van der Waals surface area contributed by atoms with E-state index in [1.54, 1.807) is 0 Å². The smallest absolute Gasteiger partial charge is 0.120 e. The van der Waals surface area contributed by atoms with E-state index in [-0.39, 0.29) is 11.5 Å². The zero-order valence-electron chi connectivity index (χ0n) is 9.46. The summed E-state index contributed by atoms with van der Waals surface area (Å²) in [6.07, 6.45) is 0. The Hall–Kier alpha value is -0.540. The van der Waals surface area contributed by atoms with Crippen LogP contribution in [-0.2, 0) is 0 Å². The average molecular weight is 272 g/mol. The molecule has 1 aromatic carbocycles. The molecule has 0 saturated heterocycles. The molecule has 2 N–H and O–H groups in total. The van der Waals surface area contributed by atoms with Gasteiger partial charge in [0.05, 0.1) is 0 Å². The molecule has 0 aliphatic heterocycles. The molecule has 3 heteroatoms. The summed E-state index contributed by atoms with van der Waals surface area (Å²) < 4.78 is 6.64. The highest BCUT2D eigenvalue weighted by atomic mass is 79.9. The second-order valence-corrected chi connectivity index (χ2v) is 5.66. The molecule has 0 aliphatic carbocycles. The van der Waals surface area contributed by atoms with Crippen LogP contribution in [0.4, 0.5) is 0 Å². The summed E-state index contributed by atoms with van der Waals surface area (Å²) in [5.74, 6) is 0.851. The lowest BCUT2D eigenvalue weighted by Gasteiger charge is -2.26. The van der Waals surface area contributed by atoms with Gasteiger partial charge in [0.2, 0.25) is 0 Å². The fourth-order valence-corrected chi connectivity index (χ4v) is 1.37. The van der Waals surface area contributed by atoms with E-state index < -0.39 is 0 Å². The van der Waals surface area contributed by atoms with E-state index in [4.69, 9.17) is 10.5 Å². The van der Waals surface area contributed by atoms with E-state index >= 15 is 0 Å². The summed E-state index contributed by atoms with van der Waals surface area (Å²) in [5.41, 5.74) is 6.08. The summed E-state index contributed by atoms with van der Waals surface area (Å²) in [6, 6.07) is 7.82. The van der Waals surface area contributed by atoms with Crippen LogP contribution in [0.3, 0.4) is 0 Å². The third kappa shape index (κ3) is 4.22. The van der Waals surface area contributed by atoms with E-state index in [9.17, 15) is 0 Å². The van der Waals surface area contributed by atoms with Crippen LogP contribution in [0, 0.1) is 5.41 Å². The largest absolute Gasteiger partial charge is 0.492 e. The average Bonchev–Trinajstić information content (AvgIpc) is 2.12. The number of nitrogens with two attached hydrogens (primary N) is 1. The van der Waals surface area contributed by atoms with Crippen LogP contribution in [0.1, 0.15) is 20.8 Å². The van der Waals surface area contributed by atoms with Crippen molar-refractivity contribution >= 4 is 15.9 Å². The quantitative estimate of drug-likeness (QED) is 0.917. The highest BCUT2D eigenvalue weighted by Gasteiger charge is 2.20.